The van der Waals surface area contributed by atoms with E-state index in [9.17, 15) is 0 Å². The van der Waals surface area contributed by atoms with Gasteiger partial charge in [0.1, 0.15) is 0 Å². The van der Waals surface area contributed by atoms with Crippen LogP contribution in [0.5, 0.6) is 0 Å². The maximum absolute atomic E-state index is 5.55. The highest BCUT2D eigenvalue weighted by molar-refractivity contribution is 9.10. The molecule has 0 amide bonds. The molecule has 1 heterocycles. The van der Waals surface area contributed by atoms with Crippen molar-refractivity contribution >= 4 is 15.9 Å². The van der Waals surface area contributed by atoms with Gasteiger partial charge in [0.15, 0.2) is 0 Å². The molecule has 0 spiro atoms. The molecule has 116 valence electrons. The molecule has 1 aromatic heterocycles. The van der Waals surface area contributed by atoms with E-state index in [1.165, 1.54) is 5.69 Å². The molecule has 1 rings (SSSR count). The number of methoxy groups -OCH3 is 1. The van der Waals surface area contributed by atoms with E-state index in [0.29, 0.717) is 0 Å². The zero-order valence-corrected chi connectivity index (χ0v) is 15.0. The molecule has 20 heavy (non-hydrogen) atoms. The third-order valence-corrected chi connectivity index (χ3v) is 4.13. The Kier molecular flexibility index (Phi) is 6.64. The molecule has 6 heteroatoms. The lowest BCUT2D eigenvalue weighted by atomic mass is 9.96. The average molecular weight is 347 g/mol. The Balaban J connectivity index is 2.93. The van der Waals surface area contributed by atoms with Crippen molar-refractivity contribution < 1.29 is 4.74 Å². The molecule has 0 saturated heterocycles. The van der Waals surface area contributed by atoms with E-state index in [0.717, 1.165) is 24.0 Å². The number of nitrogens with zero attached hydrogens (tertiary/aromatic N) is 3. The number of nitrogens with one attached hydrogen (secondary N) is 1. The summed E-state index contributed by atoms with van der Waals surface area (Å²) in [5, 5.41) is 7.85. The standard InChI is InChI=1S/C14H27BrN4O/c1-14(2,20-6)9-12(16-3)13-11(15)10-17-19(13)8-7-18(4)5/h10,12,16H,7-9H2,1-6H3. The van der Waals surface area contributed by atoms with Crippen LogP contribution in [0.15, 0.2) is 10.7 Å². The summed E-state index contributed by atoms with van der Waals surface area (Å²) in [6, 6.07) is 0.198. The van der Waals surface area contributed by atoms with E-state index in [1.807, 2.05) is 13.2 Å². The number of aromatic nitrogens is 2. The summed E-state index contributed by atoms with van der Waals surface area (Å²) < 4.78 is 8.66. The predicted octanol–water partition coefficient (Wildman–Crippen LogP) is 2.28. The number of hydrogen-bond donors (Lipinski definition) is 1. The van der Waals surface area contributed by atoms with Gasteiger partial charge in [0, 0.05) is 13.7 Å². The van der Waals surface area contributed by atoms with E-state index in [2.05, 4.69) is 63.9 Å². The quantitative estimate of drug-likeness (QED) is 0.784. The van der Waals surface area contributed by atoms with Crippen molar-refractivity contribution in [1.29, 1.82) is 0 Å². The van der Waals surface area contributed by atoms with Crippen molar-refractivity contribution in [3.63, 3.8) is 0 Å². The Morgan fingerprint density at radius 2 is 2.15 bits per heavy atom. The Morgan fingerprint density at radius 1 is 1.50 bits per heavy atom. The molecule has 0 aromatic carbocycles. The largest absolute Gasteiger partial charge is 0.379 e. The van der Waals surface area contributed by atoms with Gasteiger partial charge in [-0.05, 0) is 57.3 Å². The van der Waals surface area contributed by atoms with Crippen molar-refractivity contribution in [3.8, 4) is 0 Å². The van der Waals surface area contributed by atoms with Crippen LogP contribution in [0.25, 0.3) is 0 Å². The Labute approximate surface area is 130 Å². The Bertz CT molecular complexity index is 417. The summed E-state index contributed by atoms with van der Waals surface area (Å²) in [4.78, 5) is 2.16. The second-order valence-corrected chi connectivity index (χ2v) is 6.77. The average Bonchev–Trinajstić information content (AvgIpc) is 2.75. The SMILES string of the molecule is CNC(CC(C)(C)OC)c1c(Br)cnn1CCN(C)C. The third kappa shape index (κ3) is 4.84. The van der Waals surface area contributed by atoms with E-state index >= 15 is 0 Å². The van der Waals surface area contributed by atoms with Crippen LogP contribution in [0.2, 0.25) is 0 Å². The first-order valence-corrected chi connectivity index (χ1v) is 7.68. The van der Waals surface area contributed by atoms with Crippen LogP contribution in [0.3, 0.4) is 0 Å². The lowest BCUT2D eigenvalue weighted by Crippen LogP contribution is -2.32. The highest BCUT2D eigenvalue weighted by Gasteiger charge is 2.27. The lowest BCUT2D eigenvalue weighted by Gasteiger charge is -2.29. The van der Waals surface area contributed by atoms with Gasteiger partial charge in [-0.1, -0.05) is 0 Å². The summed E-state index contributed by atoms with van der Waals surface area (Å²) in [6.45, 7) is 6.04. The number of rotatable bonds is 8. The highest BCUT2D eigenvalue weighted by Crippen LogP contribution is 2.30. The molecule has 0 aliphatic carbocycles. The predicted molar refractivity (Wildman–Crippen MR) is 86.0 cm³/mol. The molecule has 0 saturated carbocycles. The van der Waals surface area contributed by atoms with Gasteiger partial charge in [0.2, 0.25) is 0 Å². The van der Waals surface area contributed by atoms with Crippen LogP contribution in [0.4, 0.5) is 0 Å². The normalized spacial score (nSPS) is 14.0. The molecule has 5 nitrogen and oxygen atoms in total. The zero-order valence-electron chi connectivity index (χ0n) is 13.4. The van der Waals surface area contributed by atoms with Crippen LogP contribution in [-0.4, -0.2) is 55.1 Å². The lowest BCUT2D eigenvalue weighted by molar-refractivity contribution is 0.00666. The molecule has 1 atom stereocenters. The fourth-order valence-corrected chi connectivity index (χ4v) is 2.67. The number of hydrogen-bond acceptors (Lipinski definition) is 4. The van der Waals surface area contributed by atoms with E-state index < -0.39 is 0 Å². The van der Waals surface area contributed by atoms with Gasteiger partial charge in [0.25, 0.3) is 0 Å². The molecule has 0 bridgehead atoms. The van der Waals surface area contributed by atoms with Crippen LogP contribution < -0.4 is 5.32 Å². The minimum Gasteiger partial charge on any atom is -0.379 e. The smallest absolute Gasteiger partial charge is 0.0697 e. The monoisotopic (exact) mass is 346 g/mol. The first-order valence-electron chi connectivity index (χ1n) is 6.89. The van der Waals surface area contributed by atoms with Crippen molar-refractivity contribution in [2.75, 3.05) is 34.8 Å². The van der Waals surface area contributed by atoms with Gasteiger partial charge in [-0.15, -0.1) is 0 Å². The van der Waals surface area contributed by atoms with Gasteiger partial charge in [-0.2, -0.15) is 5.10 Å². The van der Waals surface area contributed by atoms with Crippen LogP contribution in [0, 0.1) is 0 Å². The van der Waals surface area contributed by atoms with E-state index in [4.69, 9.17) is 4.74 Å². The molecule has 0 radical (unpaired) electrons. The molecule has 0 fully saturated rings. The van der Waals surface area contributed by atoms with Gasteiger partial charge in [-0.3, -0.25) is 4.68 Å². The molecule has 1 unspecified atom stereocenters. The van der Waals surface area contributed by atoms with Crippen molar-refractivity contribution in [3.05, 3.63) is 16.4 Å². The fraction of sp³-hybridized carbons (Fsp3) is 0.786. The summed E-state index contributed by atoms with van der Waals surface area (Å²) in [5.74, 6) is 0. The summed E-state index contributed by atoms with van der Waals surface area (Å²) in [6.07, 6.45) is 2.75. The minimum absolute atomic E-state index is 0.177. The molecular formula is C14H27BrN4O. The maximum atomic E-state index is 5.55. The van der Waals surface area contributed by atoms with Crippen LogP contribution in [0.1, 0.15) is 32.0 Å². The van der Waals surface area contributed by atoms with Crippen LogP contribution >= 0.6 is 15.9 Å². The van der Waals surface area contributed by atoms with E-state index in [-0.39, 0.29) is 11.6 Å². The fourth-order valence-electron chi connectivity index (χ4n) is 2.10. The van der Waals surface area contributed by atoms with Crippen molar-refractivity contribution in [2.45, 2.75) is 38.5 Å². The first-order chi connectivity index (χ1) is 9.30. The molecule has 0 aliphatic heterocycles. The van der Waals surface area contributed by atoms with Gasteiger partial charge < -0.3 is 15.0 Å². The van der Waals surface area contributed by atoms with Gasteiger partial charge in [-0.25, -0.2) is 0 Å². The summed E-state index contributed by atoms with van der Waals surface area (Å²) in [5.41, 5.74) is 1.00. The minimum atomic E-state index is -0.177. The number of halogens is 1. The maximum Gasteiger partial charge on any atom is 0.0697 e. The highest BCUT2D eigenvalue weighted by atomic mass is 79.9. The van der Waals surface area contributed by atoms with Gasteiger partial charge in [0.05, 0.1) is 34.6 Å². The zero-order chi connectivity index (χ0) is 15.3. The third-order valence-electron chi connectivity index (χ3n) is 3.52. The molecular weight excluding hydrogens is 320 g/mol. The number of likely N-dealkylation sites (N-methyl/N-ethyl adjacent to an activating group) is 1. The summed E-state index contributed by atoms with van der Waals surface area (Å²) in [7, 11) is 7.88. The Morgan fingerprint density at radius 3 is 2.65 bits per heavy atom. The Hall–Kier alpha value is -0.430. The molecule has 1 aromatic rings. The van der Waals surface area contributed by atoms with E-state index in [1.54, 1.807) is 7.11 Å². The first kappa shape index (κ1) is 17.6. The number of ether oxygens (including phenoxy) is 1. The molecule has 1 N–H and O–H groups in total. The second-order valence-electron chi connectivity index (χ2n) is 5.91. The second kappa shape index (κ2) is 7.54. The topological polar surface area (TPSA) is 42.3 Å². The summed E-state index contributed by atoms with van der Waals surface area (Å²) >= 11 is 3.62. The van der Waals surface area contributed by atoms with Gasteiger partial charge >= 0.3 is 0 Å². The molecule has 0 aliphatic rings. The van der Waals surface area contributed by atoms with Crippen molar-refractivity contribution in [2.24, 2.45) is 0 Å². The van der Waals surface area contributed by atoms with Crippen LogP contribution in [-0.2, 0) is 11.3 Å². The van der Waals surface area contributed by atoms with Crippen molar-refractivity contribution in [1.82, 2.24) is 20.0 Å².